The second-order valence-electron chi connectivity index (χ2n) is 12.4. The number of ether oxygens (including phenoxy) is 4. The van der Waals surface area contributed by atoms with Crippen LogP contribution in [0.4, 0.5) is 0 Å². The first-order valence-corrected chi connectivity index (χ1v) is 14.3. The highest BCUT2D eigenvalue weighted by molar-refractivity contribution is 5.39. The topological polar surface area (TPSA) is 77.4 Å². The van der Waals surface area contributed by atoms with Gasteiger partial charge in [0.25, 0.3) is 0 Å². The van der Waals surface area contributed by atoms with Crippen molar-refractivity contribution in [2.24, 2.45) is 28.6 Å². The van der Waals surface area contributed by atoms with Crippen molar-refractivity contribution in [2.45, 2.75) is 103 Å². The van der Waals surface area contributed by atoms with Gasteiger partial charge in [0.1, 0.15) is 0 Å². The second-order valence-corrected chi connectivity index (χ2v) is 12.4. The van der Waals surface area contributed by atoms with Crippen molar-refractivity contribution < 1.29 is 29.2 Å². The molecule has 0 amide bonds. The average Bonchev–Trinajstić information content (AvgIpc) is 3.44. The Morgan fingerprint density at radius 1 is 0.914 bits per heavy atom. The lowest BCUT2D eigenvalue weighted by Gasteiger charge is -2.58. The minimum atomic E-state index is -0.570. The van der Waals surface area contributed by atoms with Crippen molar-refractivity contribution >= 4 is 0 Å². The summed E-state index contributed by atoms with van der Waals surface area (Å²) in [6, 6.07) is 0. The Balaban J connectivity index is 1.56. The molecule has 1 saturated heterocycles. The van der Waals surface area contributed by atoms with Gasteiger partial charge in [0.05, 0.1) is 25.4 Å². The third-order valence-electron chi connectivity index (χ3n) is 10.7. The van der Waals surface area contributed by atoms with Gasteiger partial charge in [-0.15, -0.1) is 0 Å². The molecular weight excluding hydrogens is 444 g/mol. The van der Waals surface area contributed by atoms with Crippen LogP contribution in [-0.2, 0) is 18.9 Å². The maximum Gasteiger partial charge on any atom is 0.169 e. The third-order valence-corrected chi connectivity index (χ3v) is 10.7. The van der Waals surface area contributed by atoms with E-state index >= 15 is 0 Å². The molecule has 5 rings (SSSR count). The first-order chi connectivity index (χ1) is 16.9. The second kappa shape index (κ2) is 10.3. The molecule has 2 saturated carbocycles. The summed E-state index contributed by atoms with van der Waals surface area (Å²) in [6.07, 6.45) is 11.0. The van der Waals surface area contributed by atoms with Crippen LogP contribution in [0.3, 0.4) is 0 Å². The standard InChI is InChI=1S/C29H48O6/c1-27-11-5-4-8-20(27)18-23(32-14-6-12-30)26-21-9-10-24(29(3)34-16-17-35-29)28(21,2)25(19-22(26)27)33-15-7-13-31/h20-21,23-25,30-31H,4-19H2,1-3H3/t20?,21?,23-,24?,25+,27+,28+/m1/s1. The Morgan fingerprint density at radius 2 is 1.63 bits per heavy atom. The first kappa shape index (κ1) is 26.1. The van der Waals surface area contributed by atoms with Crippen LogP contribution in [0.5, 0.6) is 0 Å². The SMILES string of the molecule is CC1(C2CCC3C4=C(C[C@H](OCCCO)[C@@]32C)[C@@]2(C)CCCCC2C[C@H]4OCCCO)OCCO1. The Hall–Kier alpha value is -0.500. The summed E-state index contributed by atoms with van der Waals surface area (Å²) in [5, 5.41) is 18.9. The number of rotatable bonds is 9. The van der Waals surface area contributed by atoms with E-state index in [-0.39, 0.29) is 42.2 Å². The van der Waals surface area contributed by atoms with E-state index in [9.17, 15) is 10.2 Å². The number of aliphatic hydroxyl groups excluding tert-OH is 2. The van der Waals surface area contributed by atoms with Crippen molar-refractivity contribution in [3.05, 3.63) is 11.1 Å². The van der Waals surface area contributed by atoms with Crippen molar-refractivity contribution in [3.8, 4) is 0 Å². The molecule has 1 aliphatic heterocycles. The van der Waals surface area contributed by atoms with Crippen LogP contribution in [0.2, 0.25) is 0 Å². The number of fused-ring (bicyclic) bond motifs is 4. The maximum absolute atomic E-state index is 9.47. The molecule has 2 N–H and O–H groups in total. The van der Waals surface area contributed by atoms with Crippen LogP contribution in [-0.4, -0.2) is 67.8 Å². The molecule has 0 spiro atoms. The van der Waals surface area contributed by atoms with Crippen molar-refractivity contribution in [1.82, 2.24) is 0 Å². The van der Waals surface area contributed by atoms with Gasteiger partial charge < -0.3 is 29.2 Å². The summed E-state index contributed by atoms with van der Waals surface area (Å²) >= 11 is 0. The average molecular weight is 493 g/mol. The van der Waals surface area contributed by atoms with Crippen molar-refractivity contribution in [1.29, 1.82) is 0 Å². The van der Waals surface area contributed by atoms with Crippen LogP contribution < -0.4 is 0 Å². The predicted octanol–water partition coefficient (Wildman–Crippen LogP) is 4.62. The zero-order chi connectivity index (χ0) is 24.7. The van der Waals surface area contributed by atoms with Crippen LogP contribution >= 0.6 is 0 Å². The quantitative estimate of drug-likeness (QED) is 0.361. The Bertz CT molecular complexity index is 775. The van der Waals surface area contributed by atoms with Gasteiger partial charge in [0.2, 0.25) is 0 Å². The molecular formula is C29H48O6. The lowest BCUT2D eigenvalue weighted by molar-refractivity contribution is -0.226. The molecule has 6 heteroatoms. The summed E-state index contributed by atoms with van der Waals surface area (Å²) in [5.41, 5.74) is 3.31. The zero-order valence-electron chi connectivity index (χ0n) is 22.2. The van der Waals surface area contributed by atoms with Crippen LogP contribution in [0.1, 0.15) is 85.0 Å². The normalized spacial score (nSPS) is 42.6. The maximum atomic E-state index is 9.47. The smallest absolute Gasteiger partial charge is 0.169 e. The number of aliphatic hydroxyl groups is 2. The van der Waals surface area contributed by atoms with Gasteiger partial charge in [-0.25, -0.2) is 0 Å². The molecule has 0 bridgehead atoms. The van der Waals surface area contributed by atoms with Gasteiger partial charge in [0.15, 0.2) is 5.79 Å². The summed E-state index contributed by atoms with van der Waals surface area (Å²) in [4.78, 5) is 0. The van der Waals surface area contributed by atoms with Gasteiger partial charge in [-0.2, -0.15) is 0 Å². The van der Waals surface area contributed by atoms with E-state index in [1.807, 2.05) is 0 Å². The number of hydrogen-bond acceptors (Lipinski definition) is 6. The number of hydrogen-bond donors (Lipinski definition) is 2. The van der Waals surface area contributed by atoms with E-state index in [2.05, 4.69) is 20.8 Å². The van der Waals surface area contributed by atoms with Gasteiger partial charge in [0, 0.05) is 37.8 Å². The molecule has 200 valence electrons. The Kier molecular flexibility index (Phi) is 7.72. The highest BCUT2D eigenvalue weighted by Crippen LogP contribution is 2.67. The lowest BCUT2D eigenvalue weighted by Crippen LogP contribution is -2.57. The molecule has 0 radical (unpaired) electrons. The van der Waals surface area contributed by atoms with E-state index in [0.29, 0.717) is 51.1 Å². The van der Waals surface area contributed by atoms with Crippen LogP contribution in [0, 0.1) is 28.6 Å². The van der Waals surface area contributed by atoms with Crippen molar-refractivity contribution in [2.75, 3.05) is 39.6 Å². The molecule has 35 heavy (non-hydrogen) atoms. The van der Waals surface area contributed by atoms with Crippen LogP contribution in [0.25, 0.3) is 0 Å². The molecule has 0 aromatic carbocycles. The van der Waals surface area contributed by atoms with Gasteiger partial charge in [-0.05, 0) is 81.1 Å². The molecule has 3 unspecified atom stereocenters. The lowest BCUT2D eigenvalue weighted by atomic mass is 9.49. The minimum Gasteiger partial charge on any atom is -0.396 e. The molecule has 4 aliphatic carbocycles. The van der Waals surface area contributed by atoms with Crippen LogP contribution in [0.15, 0.2) is 11.1 Å². The van der Waals surface area contributed by atoms with Gasteiger partial charge >= 0.3 is 0 Å². The molecule has 6 nitrogen and oxygen atoms in total. The molecule has 7 atom stereocenters. The predicted molar refractivity (Wildman–Crippen MR) is 134 cm³/mol. The van der Waals surface area contributed by atoms with E-state index in [1.165, 1.54) is 25.7 Å². The molecule has 3 fully saturated rings. The first-order valence-electron chi connectivity index (χ1n) is 14.3. The summed E-state index contributed by atoms with van der Waals surface area (Å²) in [7, 11) is 0. The van der Waals surface area contributed by atoms with E-state index in [1.54, 1.807) is 11.1 Å². The van der Waals surface area contributed by atoms with Crippen molar-refractivity contribution in [3.63, 3.8) is 0 Å². The van der Waals surface area contributed by atoms with Gasteiger partial charge in [-0.1, -0.05) is 32.3 Å². The highest BCUT2D eigenvalue weighted by Gasteiger charge is 2.65. The highest BCUT2D eigenvalue weighted by atomic mass is 16.7. The van der Waals surface area contributed by atoms with E-state index < -0.39 is 5.79 Å². The Morgan fingerprint density at radius 3 is 2.34 bits per heavy atom. The molecule has 5 aliphatic rings. The molecule has 1 heterocycles. The van der Waals surface area contributed by atoms with E-state index in [4.69, 9.17) is 18.9 Å². The van der Waals surface area contributed by atoms with E-state index in [0.717, 1.165) is 25.7 Å². The molecule has 0 aromatic rings. The fourth-order valence-corrected chi connectivity index (χ4v) is 8.95. The summed E-state index contributed by atoms with van der Waals surface area (Å²) in [5.74, 6) is 0.733. The minimum absolute atomic E-state index is 0.0884. The zero-order valence-corrected chi connectivity index (χ0v) is 22.2. The summed E-state index contributed by atoms with van der Waals surface area (Å²) in [6.45, 7) is 9.96. The largest absolute Gasteiger partial charge is 0.396 e. The monoisotopic (exact) mass is 492 g/mol. The third kappa shape index (κ3) is 4.34. The Labute approximate surface area is 211 Å². The fourth-order valence-electron chi connectivity index (χ4n) is 8.95. The fraction of sp³-hybridized carbons (Fsp3) is 0.931. The van der Waals surface area contributed by atoms with Gasteiger partial charge in [-0.3, -0.25) is 0 Å². The molecule has 0 aromatic heterocycles. The summed E-state index contributed by atoms with van der Waals surface area (Å²) < 4.78 is 25.8.